The molecule has 4 heteroatoms. The van der Waals surface area contributed by atoms with Gasteiger partial charge in [0, 0.05) is 24.6 Å². The van der Waals surface area contributed by atoms with Gasteiger partial charge < -0.3 is 5.32 Å². The quantitative estimate of drug-likeness (QED) is 0.869. The summed E-state index contributed by atoms with van der Waals surface area (Å²) in [6.45, 7) is 0.441. The van der Waals surface area contributed by atoms with E-state index >= 15 is 0 Å². The maximum Gasteiger partial charge on any atom is 0.152 e. The zero-order valence-corrected chi connectivity index (χ0v) is 11.5. The van der Waals surface area contributed by atoms with Gasteiger partial charge in [-0.3, -0.25) is 0 Å². The first-order valence-electron chi connectivity index (χ1n) is 7.11. The van der Waals surface area contributed by atoms with Crippen molar-refractivity contribution in [1.29, 1.82) is 0 Å². The van der Waals surface area contributed by atoms with Crippen LogP contribution in [0.2, 0.25) is 0 Å². The van der Waals surface area contributed by atoms with E-state index in [9.17, 15) is 13.2 Å². The Labute approximate surface area is 121 Å². The van der Waals surface area contributed by atoms with Gasteiger partial charge in [-0.1, -0.05) is 24.3 Å². The minimum absolute atomic E-state index is 0.221. The van der Waals surface area contributed by atoms with Crippen molar-refractivity contribution >= 4 is 5.69 Å². The number of benzene rings is 2. The number of halogens is 3. The number of hydrogen-bond acceptors (Lipinski definition) is 1. The van der Waals surface area contributed by atoms with Crippen molar-refractivity contribution in [2.45, 2.75) is 25.2 Å². The van der Waals surface area contributed by atoms with Crippen molar-refractivity contribution in [1.82, 2.24) is 0 Å². The van der Waals surface area contributed by atoms with E-state index in [4.69, 9.17) is 0 Å². The van der Waals surface area contributed by atoms with Crippen LogP contribution in [0.5, 0.6) is 0 Å². The highest BCUT2D eigenvalue weighted by Gasteiger charge is 2.20. The summed E-state index contributed by atoms with van der Waals surface area (Å²) in [6.07, 6.45) is 3.10. The molecule has 0 saturated heterocycles. The SMILES string of the molecule is Fc1cc(F)c(NCC2CCCc3ccccc32)c(F)c1. The summed E-state index contributed by atoms with van der Waals surface area (Å²) in [5, 5.41) is 2.80. The Hall–Kier alpha value is -1.97. The second-order valence-electron chi connectivity index (χ2n) is 5.41. The molecule has 0 spiro atoms. The van der Waals surface area contributed by atoms with E-state index in [1.165, 1.54) is 11.1 Å². The van der Waals surface area contributed by atoms with Crippen molar-refractivity contribution in [2.75, 3.05) is 11.9 Å². The molecule has 0 fully saturated rings. The van der Waals surface area contributed by atoms with Crippen LogP contribution >= 0.6 is 0 Å². The van der Waals surface area contributed by atoms with Crippen LogP contribution in [0.3, 0.4) is 0 Å². The van der Waals surface area contributed by atoms with Crippen LogP contribution in [0.4, 0.5) is 18.9 Å². The van der Waals surface area contributed by atoms with Crippen LogP contribution in [0, 0.1) is 17.5 Å². The van der Waals surface area contributed by atoms with Crippen molar-refractivity contribution in [3.05, 3.63) is 65.0 Å². The highest BCUT2D eigenvalue weighted by molar-refractivity contribution is 5.47. The number of rotatable bonds is 3. The second kappa shape index (κ2) is 5.80. The molecule has 0 bridgehead atoms. The molecule has 1 aliphatic carbocycles. The molecule has 0 saturated carbocycles. The van der Waals surface area contributed by atoms with E-state index in [2.05, 4.69) is 17.4 Å². The van der Waals surface area contributed by atoms with Crippen LogP contribution in [-0.4, -0.2) is 6.54 Å². The fraction of sp³-hybridized carbons (Fsp3) is 0.294. The monoisotopic (exact) mass is 291 g/mol. The second-order valence-corrected chi connectivity index (χ2v) is 5.41. The predicted octanol–water partition coefficient (Wildman–Crippen LogP) is 4.64. The van der Waals surface area contributed by atoms with E-state index in [1.54, 1.807) is 0 Å². The van der Waals surface area contributed by atoms with Gasteiger partial charge in [0.1, 0.15) is 11.5 Å². The molecule has 0 aromatic heterocycles. The zero-order valence-electron chi connectivity index (χ0n) is 11.5. The molecule has 1 atom stereocenters. The zero-order chi connectivity index (χ0) is 14.8. The van der Waals surface area contributed by atoms with Crippen LogP contribution in [-0.2, 0) is 6.42 Å². The topological polar surface area (TPSA) is 12.0 Å². The highest BCUT2D eigenvalue weighted by atomic mass is 19.1. The first-order valence-corrected chi connectivity index (χ1v) is 7.11. The maximum atomic E-state index is 13.6. The first kappa shape index (κ1) is 14.0. The molecule has 110 valence electrons. The number of anilines is 1. The minimum Gasteiger partial charge on any atom is -0.380 e. The van der Waals surface area contributed by atoms with E-state index in [1.807, 2.05) is 12.1 Å². The summed E-state index contributed by atoms with van der Waals surface area (Å²) in [6, 6.07) is 9.55. The van der Waals surface area contributed by atoms with E-state index in [0.29, 0.717) is 18.7 Å². The Morgan fingerprint density at radius 2 is 1.76 bits per heavy atom. The van der Waals surface area contributed by atoms with Gasteiger partial charge in [0.05, 0.1) is 0 Å². The standard InChI is InChI=1S/C17H16F3N/c18-13-8-15(19)17(16(20)9-13)21-10-12-6-3-5-11-4-1-2-7-14(11)12/h1-2,4,7-9,12,21H,3,5-6,10H2. The molecular formula is C17H16F3N. The third kappa shape index (κ3) is 2.89. The molecule has 2 aromatic carbocycles. The Kier molecular flexibility index (Phi) is 3.86. The van der Waals surface area contributed by atoms with Crippen molar-refractivity contribution < 1.29 is 13.2 Å². The maximum absolute atomic E-state index is 13.6. The van der Waals surface area contributed by atoms with Crippen molar-refractivity contribution in [3.63, 3.8) is 0 Å². The third-order valence-corrected chi connectivity index (χ3v) is 4.03. The molecule has 0 radical (unpaired) electrons. The molecule has 0 heterocycles. The minimum atomic E-state index is -0.904. The number of hydrogen-bond donors (Lipinski definition) is 1. The van der Waals surface area contributed by atoms with Gasteiger partial charge >= 0.3 is 0 Å². The van der Waals surface area contributed by atoms with Crippen LogP contribution < -0.4 is 5.32 Å². The molecule has 1 unspecified atom stereocenters. The van der Waals surface area contributed by atoms with Crippen LogP contribution in [0.25, 0.3) is 0 Å². The van der Waals surface area contributed by atoms with Gasteiger partial charge in [-0.2, -0.15) is 0 Å². The normalized spacial score (nSPS) is 17.4. The fourth-order valence-corrected chi connectivity index (χ4v) is 3.00. The molecule has 0 aliphatic heterocycles. The summed E-state index contributed by atoms with van der Waals surface area (Å²) in [5.74, 6) is -2.47. The molecule has 1 N–H and O–H groups in total. The Balaban J connectivity index is 1.78. The lowest BCUT2D eigenvalue weighted by Crippen LogP contribution is -2.19. The van der Waals surface area contributed by atoms with Gasteiger partial charge in [-0.05, 0) is 30.4 Å². The predicted molar refractivity (Wildman–Crippen MR) is 76.9 cm³/mol. The average molecular weight is 291 g/mol. The molecular weight excluding hydrogens is 275 g/mol. The smallest absolute Gasteiger partial charge is 0.152 e. The molecule has 3 rings (SSSR count). The van der Waals surface area contributed by atoms with Gasteiger partial charge in [0.15, 0.2) is 11.6 Å². The van der Waals surface area contributed by atoms with Gasteiger partial charge in [-0.25, -0.2) is 13.2 Å². The number of nitrogens with one attached hydrogen (secondary N) is 1. The van der Waals surface area contributed by atoms with Gasteiger partial charge in [-0.15, -0.1) is 0 Å². The summed E-state index contributed by atoms with van der Waals surface area (Å²) in [5.41, 5.74) is 2.29. The molecule has 1 aliphatic rings. The Morgan fingerprint density at radius 1 is 1.05 bits per heavy atom. The largest absolute Gasteiger partial charge is 0.380 e. The first-order chi connectivity index (χ1) is 10.1. The summed E-state index contributed by atoms with van der Waals surface area (Å²) < 4.78 is 40.1. The highest BCUT2D eigenvalue weighted by Crippen LogP contribution is 2.32. The summed E-state index contributed by atoms with van der Waals surface area (Å²) in [7, 11) is 0. The third-order valence-electron chi connectivity index (χ3n) is 4.03. The van der Waals surface area contributed by atoms with Crippen LogP contribution in [0.15, 0.2) is 36.4 Å². The summed E-state index contributed by atoms with van der Waals surface area (Å²) >= 11 is 0. The van der Waals surface area contributed by atoms with Crippen molar-refractivity contribution in [3.8, 4) is 0 Å². The average Bonchev–Trinajstić information content (AvgIpc) is 2.46. The molecule has 0 amide bonds. The lowest BCUT2D eigenvalue weighted by molar-refractivity contribution is 0.539. The molecule has 21 heavy (non-hydrogen) atoms. The summed E-state index contributed by atoms with van der Waals surface area (Å²) in [4.78, 5) is 0. The van der Waals surface area contributed by atoms with Gasteiger partial charge in [0.2, 0.25) is 0 Å². The van der Waals surface area contributed by atoms with Crippen molar-refractivity contribution in [2.24, 2.45) is 0 Å². The number of aryl methyl sites for hydroxylation is 1. The van der Waals surface area contributed by atoms with Crippen LogP contribution in [0.1, 0.15) is 29.9 Å². The Morgan fingerprint density at radius 3 is 2.52 bits per heavy atom. The Bertz CT molecular complexity index is 631. The van der Waals surface area contributed by atoms with Gasteiger partial charge in [0.25, 0.3) is 0 Å². The lowest BCUT2D eigenvalue weighted by Gasteiger charge is -2.26. The fourth-order valence-electron chi connectivity index (χ4n) is 3.00. The van der Waals surface area contributed by atoms with E-state index < -0.39 is 17.5 Å². The number of fused-ring (bicyclic) bond motifs is 1. The van der Waals surface area contributed by atoms with E-state index in [-0.39, 0.29) is 11.6 Å². The molecule has 2 aromatic rings. The molecule has 1 nitrogen and oxygen atoms in total. The van der Waals surface area contributed by atoms with E-state index in [0.717, 1.165) is 19.3 Å². The lowest BCUT2D eigenvalue weighted by atomic mass is 9.83.